The van der Waals surface area contributed by atoms with Gasteiger partial charge in [0.15, 0.2) is 0 Å². The van der Waals surface area contributed by atoms with Gasteiger partial charge in [0.05, 0.1) is 0 Å². The summed E-state index contributed by atoms with van der Waals surface area (Å²) < 4.78 is 13.1. The molecule has 3 heteroatoms. The quantitative estimate of drug-likeness (QED) is 0.756. The summed E-state index contributed by atoms with van der Waals surface area (Å²) in [7, 11) is 2.12. The lowest BCUT2D eigenvalue weighted by Gasteiger charge is -2.33. The normalized spacial score (nSPS) is 23.0. The number of hydrogen-bond donors (Lipinski definition) is 1. The van der Waals surface area contributed by atoms with E-state index in [4.69, 9.17) is 0 Å². The average Bonchev–Trinajstić information content (AvgIpc) is 2.23. The SMILES string of the molecule is Cc1cc(C2CNCCN2C)ccc1F. The number of piperazine rings is 1. The Kier molecular flexibility index (Phi) is 3.03. The van der Waals surface area contributed by atoms with Crippen LogP contribution in [0.2, 0.25) is 0 Å². The minimum Gasteiger partial charge on any atom is -0.314 e. The van der Waals surface area contributed by atoms with Gasteiger partial charge in [-0.2, -0.15) is 0 Å². The predicted octanol–water partition coefficient (Wildman–Crippen LogP) is 1.71. The number of nitrogens with zero attached hydrogens (tertiary/aromatic N) is 1. The fraction of sp³-hybridized carbons (Fsp3) is 0.500. The number of nitrogens with one attached hydrogen (secondary N) is 1. The number of rotatable bonds is 1. The van der Waals surface area contributed by atoms with Crippen molar-refractivity contribution in [3.63, 3.8) is 0 Å². The summed E-state index contributed by atoms with van der Waals surface area (Å²) in [4.78, 5) is 2.31. The van der Waals surface area contributed by atoms with Gasteiger partial charge in [0.25, 0.3) is 0 Å². The molecule has 1 aliphatic rings. The molecule has 0 aromatic heterocycles. The van der Waals surface area contributed by atoms with Crippen molar-refractivity contribution in [2.45, 2.75) is 13.0 Å². The van der Waals surface area contributed by atoms with Crippen LogP contribution in [0.15, 0.2) is 18.2 Å². The van der Waals surface area contributed by atoms with E-state index in [0.29, 0.717) is 6.04 Å². The molecule has 1 fully saturated rings. The largest absolute Gasteiger partial charge is 0.314 e. The van der Waals surface area contributed by atoms with Gasteiger partial charge in [0.1, 0.15) is 5.82 Å². The third-order valence-electron chi connectivity index (χ3n) is 3.08. The molecule has 0 amide bonds. The maximum atomic E-state index is 13.1. The van der Waals surface area contributed by atoms with Gasteiger partial charge in [-0.3, -0.25) is 4.90 Å². The van der Waals surface area contributed by atoms with Crippen molar-refractivity contribution in [2.24, 2.45) is 0 Å². The molecule has 15 heavy (non-hydrogen) atoms. The molecule has 0 spiro atoms. The molecule has 2 nitrogen and oxygen atoms in total. The summed E-state index contributed by atoms with van der Waals surface area (Å²) in [6.07, 6.45) is 0. The molecule has 1 unspecified atom stereocenters. The summed E-state index contributed by atoms with van der Waals surface area (Å²) in [5, 5.41) is 3.36. The van der Waals surface area contributed by atoms with Gasteiger partial charge >= 0.3 is 0 Å². The highest BCUT2D eigenvalue weighted by molar-refractivity contribution is 5.27. The van der Waals surface area contributed by atoms with Crippen molar-refractivity contribution in [1.29, 1.82) is 0 Å². The second kappa shape index (κ2) is 4.29. The predicted molar refractivity (Wildman–Crippen MR) is 59.4 cm³/mol. The van der Waals surface area contributed by atoms with E-state index in [-0.39, 0.29) is 5.82 Å². The van der Waals surface area contributed by atoms with E-state index in [2.05, 4.69) is 17.3 Å². The number of benzene rings is 1. The lowest BCUT2D eigenvalue weighted by Crippen LogP contribution is -2.43. The van der Waals surface area contributed by atoms with E-state index < -0.39 is 0 Å². The van der Waals surface area contributed by atoms with E-state index >= 15 is 0 Å². The fourth-order valence-electron chi connectivity index (χ4n) is 2.05. The lowest BCUT2D eigenvalue weighted by molar-refractivity contribution is 0.202. The van der Waals surface area contributed by atoms with Gasteiger partial charge < -0.3 is 5.32 Å². The molecule has 82 valence electrons. The van der Waals surface area contributed by atoms with Crippen LogP contribution >= 0.6 is 0 Å². The van der Waals surface area contributed by atoms with Gasteiger partial charge in [-0.1, -0.05) is 12.1 Å². The summed E-state index contributed by atoms with van der Waals surface area (Å²) in [6, 6.07) is 5.77. The minimum atomic E-state index is -0.120. The molecule has 1 aromatic rings. The summed E-state index contributed by atoms with van der Waals surface area (Å²) in [6.45, 7) is 4.84. The Morgan fingerprint density at radius 1 is 1.47 bits per heavy atom. The zero-order chi connectivity index (χ0) is 10.8. The molecule has 0 saturated carbocycles. The van der Waals surface area contributed by atoms with Gasteiger partial charge in [-0.15, -0.1) is 0 Å². The third-order valence-corrected chi connectivity index (χ3v) is 3.08. The van der Waals surface area contributed by atoms with Gasteiger partial charge in [0.2, 0.25) is 0 Å². The highest BCUT2D eigenvalue weighted by Crippen LogP contribution is 2.22. The highest BCUT2D eigenvalue weighted by atomic mass is 19.1. The molecular weight excluding hydrogens is 191 g/mol. The van der Waals surface area contributed by atoms with Crippen molar-refractivity contribution < 1.29 is 4.39 Å². The topological polar surface area (TPSA) is 15.3 Å². The molecule has 1 aliphatic heterocycles. The summed E-state index contributed by atoms with van der Waals surface area (Å²) >= 11 is 0. The molecule has 1 N–H and O–H groups in total. The molecule has 1 saturated heterocycles. The first-order valence-electron chi connectivity index (χ1n) is 5.35. The van der Waals surface area contributed by atoms with Crippen LogP contribution in [0.4, 0.5) is 4.39 Å². The van der Waals surface area contributed by atoms with E-state index in [1.54, 1.807) is 6.07 Å². The fourth-order valence-corrected chi connectivity index (χ4v) is 2.05. The first kappa shape index (κ1) is 10.6. The molecule has 0 bridgehead atoms. The maximum absolute atomic E-state index is 13.1. The molecule has 1 heterocycles. The Hall–Kier alpha value is -0.930. The number of hydrogen-bond acceptors (Lipinski definition) is 2. The third kappa shape index (κ3) is 2.19. The Balaban J connectivity index is 2.24. The monoisotopic (exact) mass is 208 g/mol. The summed E-state index contributed by atoms with van der Waals surface area (Å²) in [5.41, 5.74) is 1.93. The van der Waals surface area contributed by atoms with Crippen LogP contribution in [0.3, 0.4) is 0 Å². The zero-order valence-electron chi connectivity index (χ0n) is 9.26. The lowest BCUT2D eigenvalue weighted by atomic mass is 10.0. The minimum absolute atomic E-state index is 0.120. The van der Waals surface area contributed by atoms with Crippen molar-refractivity contribution >= 4 is 0 Å². The number of aryl methyl sites for hydroxylation is 1. The molecule has 1 atom stereocenters. The van der Waals surface area contributed by atoms with Crippen LogP contribution < -0.4 is 5.32 Å². The Labute approximate surface area is 90.1 Å². The molecule has 2 rings (SSSR count). The average molecular weight is 208 g/mol. The van der Waals surface area contributed by atoms with Crippen molar-refractivity contribution in [3.8, 4) is 0 Å². The van der Waals surface area contributed by atoms with Crippen molar-refractivity contribution in [1.82, 2.24) is 10.2 Å². The van der Waals surface area contributed by atoms with E-state index in [1.807, 2.05) is 19.1 Å². The zero-order valence-corrected chi connectivity index (χ0v) is 9.26. The second-order valence-electron chi connectivity index (χ2n) is 4.21. The Bertz CT molecular complexity index is 351. The molecule has 1 aromatic carbocycles. The highest BCUT2D eigenvalue weighted by Gasteiger charge is 2.20. The standard InChI is InChI=1S/C12H17FN2/c1-9-7-10(3-4-11(9)13)12-8-14-5-6-15(12)2/h3-4,7,12,14H,5-6,8H2,1-2H3. The van der Waals surface area contributed by atoms with Crippen LogP contribution in [0.5, 0.6) is 0 Å². The maximum Gasteiger partial charge on any atom is 0.126 e. The summed E-state index contributed by atoms with van der Waals surface area (Å²) in [5.74, 6) is -0.120. The van der Waals surface area contributed by atoms with Gasteiger partial charge in [-0.05, 0) is 31.2 Å². The first-order valence-corrected chi connectivity index (χ1v) is 5.35. The van der Waals surface area contributed by atoms with Crippen molar-refractivity contribution in [3.05, 3.63) is 35.1 Å². The van der Waals surface area contributed by atoms with E-state index in [0.717, 1.165) is 25.2 Å². The second-order valence-corrected chi connectivity index (χ2v) is 4.21. The van der Waals surface area contributed by atoms with Crippen LogP contribution in [-0.2, 0) is 0 Å². The van der Waals surface area contributed by atoms with Crippen LogP contribution in [0.25, 0.3) is 0 Å². The van der Waals surface area contributed by atoms with Crippen LogP contribution in [0.1, 0.15) is 17.2 Å². The number of halogens is 1. The van der Waals surface area contributed by atoms with Crippen molar-refractivity contribution in [2.75, 3.05) is 26.7 Å². The Morgan fingerprint density at radius 2 is 2.27 bits per heavy atom. The van der Waals surface area contributed by atoms with Gasteiger partial charge in [0, 0.05) is 25.7 Å². The van der Waals surface area contributed by atoms with Gasteiger partial charge in [-0.25, -0.2) is 4.39 Å². The smallest absolute Gasteiger partial charge is 0.126 e. The molecule has 0 aliphatic carbocycles. The molecule has 0 radical (unpaired) electrons. The van der Waals surface area contributed by atoms with E-state index in [9.17, 15) is 4.39 Å². The van der Waals surface area contributed by atoms with Crippen LogP contribution in [-0.4, -0.2) is 31.6 Å². The first-order chi connectivity index (χ1) is 7.18. The van der Waals surface area contributed by atoms with Crippen LogP contribution in [0, 0.1) is 12.7 Å². The number of likely N-dealkylation sites (N-methyl/N-ethyl adjacent to an activating group) is 1. The Morgan fingerprint density at radius 3 is 2.93 bits per heavy atom. The van der Waals surface area contributed by atoms with E-state index in [1.165, 1.54) is 5.56 Å². The molecular formula is C12H17FN2.